The second-order valence-corrected chi connectivity index (χ2v) is 5.30. The van der Waals surface area contributed by atoms with Crippen molar-refractivity contribution in [2.75, 3.05) is 19.6 Å². The number of rotatable bonds is 5. The number of nitrogens with one attached hydrogen (secondary N) is 2. The Labute approximate surface area is 118 Å². The van der Waals surface area contributed by atoms with E-state index in [1.54, 1.807) is 0 Å². The number of carbonyl (C=O) groups excluding carboxylic acids is 2. The number of primary amides is 1. The van der Waals surface area contributed by atoms with E-state index in [2.05, 4.69) is 34.9 Å². The van der Waals surface area contributed by atoms with Crippen LogP contribution in [0.2, 0.25) is 0 Å². The van der Waals surface area contributed by atoms with Crippen LogP contribution in [-0.2, 0) is 16.0 Å². The highest BCUT2D eigenvalue weighted by molar-refractivity contribution is 5.87. The number of carbonyl (C=O) groups is 2. The lowest BCUT2D eigenvalue weighted by Crippen LogP contribution is -2.40. The molecule has 1 saturated heterocycles. The van der Waals surface area contributed by atoms with Crippen molar-refractivity contribution >= 4 is 11.8 Å². The van der Waals surface area contributed by atoms with E-state index in [9.17, 15) is 9.59 Å². The summed E-state index contributed by atoms with van der Waals surface area (Å²) in [5.74, 6) is -1.24. The molecule has 0 saturated carbocycles. The number of aryl methyl sites for hydroxylation is 1. The maximum Gasteiger partial charge on any atom is 0.225 e. The molecule has 0 radical (unpaired) electrons. The van der Waals surface area contributed by atoms with Crippen LogP contribution in [-0.4, -0.2) is 31.4 Å². The van der Waals surface area contributed by atoms with Crippen LogP contribution >= 0.6 is 0 Å². The largest absolute Gasteiger partial charge is 0.369 e. The van der Waals surface area contributed by atoms with Gasteiger partial charge in [0.25, 0.3) is 0 Å². The molecule has 20 heavy (non-hydrogen) atoms. The van der Waals surface area contributed by atoms with Crippen LogP contribution in [0.1, 0.15) is 11.1 Å². The number of hydrogen-bond acceptors (Lipinski definition) is 3. The Morgan fingerprint density at radius 1 is 1.25 bits per heavy atom. The molecule has 0 aromatic heterocycles. The average molecular weight is 275 g/mol. The minimum Gasteiger partial charge on any atom is -0.369 e. The Hall–Kier alpha value is -1.88. The van der Waals surface area contributed by atoms with E-state index in [0.29, 0.717) is 19.6 Å². The molecule has 1 aliphatic heterocycles. The normalized spacial score (nSPS) is 21.6. The van der Waals surface area contributed by atoms with Crippen LogP contribution in [0.4, 0.5) is 0 Å². The first-order valence-corrected chi connectivity index (χ1v) is 6.91. The predicted octanol–water partition coefficient (Wildman–Crippen LogP) is -0.0254. The number of benzene rings is 1. The summed E-state index contributed by atoms with van der Waals surface area (Å²) in [7, 11) is 0. The molecule has 2 unspecified atom stereocenters. The van der Waals surface area contributed by atoms with E-state index in [1.807, 2.05) is 6.92 Å². The molecule has 108 valence electrons. The Morgan fingerprint density at radius 3 is 2.55 bits per heavy atom. The lowest BCUT2D eigenvalue weighted by atomic mass is 9.94. The summed E-state index contributed by atoms with van der Waals surface area (Å²) in [5, 5.41) is 5.92. The second kappa shape index (κ2) is 6.52. The molecule has 2 rings (SSSR count). The van der Waals surface area contributed by atoms with Crippen molar-refractivity contribution in [2.45, 2.75) is 13.3 Å². The Balaban J connectivity index is 1.80. The molecule has 1 aromatic carbocycles. The van der Waals surface area contributed by atoms with Gasteiger partial charge in [0, 0.05) is 19.6 Å². The number of hydrogen-bond donors (Lipinski definition) is 3. The number of nitrogens with two attached hydrogens (primary N) is 1. The van der Waals surface area contributed by atoms with Crippen LogP contribution in [0.25, 0.3) is 0 Å². The summed E-state index contributed by atoms with van der Waals surface area (Å²) in [5.41, 5.74) is 7.71. The Morgan fingerprint density at radius 2 is 1.90 bits per heavy atom. The highest BCUT2D eigenvalue weighted by Crippen LogP contribution is 2.16. The highest BCUT2D eigenvalue weighted by Gasteiger charge is 2.36. The smallest absolute Gasteiger partial charge is 0.225 e. The van der Waals surface area contributed by atoms with Crippen LogP contribution < -0.4 is 16.4 Å². The SMILES string of the molecule is Cc1ccc(CCNC(=O)C2CNCC2C(N)=O)cc1. The lowest BCUT2D eigenvalue weighted by Gasteiger charge is -2.15. The van der Waals surface area contributed by atoms with E-state index in [-0.39, 0.29) is 11.8 Å². The van der Waals surface area contributed by atoms with Crippen LogP contribution in [0.3, 0.4) is 0 Å². The molecule has 5 nitrogen and oxygen atoms in total. The van der Waals surface area contributed by atoms with Gasteiger partial charge in [0.05, 0.1) is 11.8 Å². The Kier molecular flexibility index (Phi) is 4.74. The molecule has 5 heteroatoms. The topological polar surface area (TPSA) is 84.2 Å². The van der Waals surface area contributed by atoms with Crippen molar-refractivity contribution in [3.8, 4) is 0 Å². The summed E-state index contributed by atoms with van der Waals surface area (Å²) in [6.45, 7) is 3.63. The van der Waals surface area contributed by atoms with E-state index in [0.717, 1.165) is 6.42 Å². The lowest BCUT2D eigenvalue weighted by molar-refractivity contribution is -0.131. The van der Waals surface area contributed by atoms with E-state index in [1.165, 1.54) is 11.1 Å². The molecule has 0 aliphatic carbocycles. The predicted molar refractivity (Wildman–Crippen MR) is 76.9 cm³/mol. The molecule has 2 amide bonds. The monoisotopic (exact) mass is 275 g/mol. The van der Waals surface area contributed by atoms with Crippen LogP contribution in [0, 0.1) is 18.8 Å². The van der Waals surface area contributed by atoms with Crippen molar-refractivity contribution < 1.29 is 9.59 Å². The average Bonchev–Trinajstić information content (AvgIpc) is 2.90. The molecule has 1 heterocycles. The van der Waals surface area contributed by atoms with Crippen molar-refractivity contribution in [2.24, 2.45) is 17.6 Å². The van der Waals surface area contributed by atoms with Gasteiger partial charge in [-0.15, -0.1) is 0 Å². The highest BCUT2D eigenvalue weighted by atomic mass is 16.2. The summed E-state index contributed by atoms with van der Waals surface area (Å²) in [6.07, 6.45) is 0.785. The Bertz CT molecular complexity index is 484. The van der Waals surface area contributed by atoms with Crippen molar-refractivity contribution in [3.63, 3.8) is 0 Å². The van der Waals surface area contributed by atoms with Gasteiger partial charge in [0.2, 0.25) is 11.8 Å². The van der Waals surface area contributed by atoms with E-state index >= 15 is 0 Å². The molecule has 1 aromatic rings. The fraction of sp³-hybridized carbons (Fsp3) is 0.467. The number of amides is 2. The van der Waals surface area contributed by atoms with E-state index in [4.69, 9.17) is 5.73 Å². The first-order valence-electron chi connectivity index (χ1n) is 6.91. The van der Waals surface area contributed by atoms with Crippen molar-refractivity contribution in [1.82, 2.24) is 10.6 Å². The van der Waals surface area contributed by atoms with Crippen molar-refractivity contribution in [3.05, 3.63) is 35.4 Å². The van der Waals surface area contributed by atoms with Crippen molar-refractivity contribution in [1.29, 1.82) is 0 Å². The summed E-state index contributed by atoms with van der Waals surface area (Å²) < 4.78 is 0. The molecule has 4 N–H and O–H groups in total. The van der Waals surface area contributed by atoms with Crippen LogP contribution in [0.15, 0.2) is 24.3 Å². The van der Waals surface area contributed by atoms with Crippen LogP contribution in [0.5, 0.6) is 0 Å². The molecule has 0 spiro atoms. The summed E-state index contributed by atoms with van der Waals surface area (Å²) in [4.78, 5) is 23.3. The van der Waals surface area contributed by atoms with Gasteiger partial charge >= 0.3 is 0 Å². The minimum absolute atomic E-state index is 0.0917. The van der Waals surface area contributed by atoms with Gasteiger partial charge in [0.15, 0.2) is 0 Å². The van der Waals surface area contributed by atoms with E-state index < -0.39 is 11.8 Å². The van der Waals surface area contributed by atoms with Gasteiger partial charge in [-0.2, -0.15) is 0 Å². The maximum absolute atomic E-state index is 12.0. The zero-order valence-corrected chi connectivity index (χ0v) is 11.7. The van der Waals surface area contributed by atoms with Gasteiger partial charge in [-0.25, -0.2) is 0 Å². The third-order valence-electron chi connectivity index (χ3n) is 3.75. The third kappa shape index (κ3) is 3.57. The molecular formula is C15H21N3O2. The quantitative estimate of drug-likeness (QED) is 0.706. The minimum atomic E-state index is -0.409. The zero-order valence-electron chi connectivity index (χ0n) is 11.7. The van der Waals surface area contributed by atoms with Gasteiger partial charge in [-0.1, -0.05) is 29.8 Å². The van der Waals surface area contributed by atoms with Gasteiger partial charge < -0.3 is 16.4 Å². The molecular weight excluding hydrogens is 254 g/mol. The molecule has 1 aliphatic rings. The fourth-order valence-corrected chi connectivity index (χ4v) is 2.47. The molecule has 0 bridgehead atoms. The first kappa shape index (κ1) is 14.5. The maximum atomic E-state index is 12.0. The fourth-order valence-electron chi connectivity index (χ4n) is 2.47. The first-order chi connectivity index (χ1) is 9.58. The molecule has 1 fully saturated rings. The zero-order chi connectivity index (χ0) is 14.5. The standard InChI is InChI=1S/C15H21N3O2/c1-10-2-4-11(5-3-10)6-7-18-15(20)13-9-17-8-12(13)14(16)19/h2-5,12-13,17H,6-9H2,1H3,(H2,16,19)(H,18,20). The second-order valence-electron chi connectivity index (χ2n) is 5.30. The molecule has 2 atom stereocenters. The summed E-state index contributed by atoms with van der Waals surface area (Å²) in [6, 6.07) is 8.23. The van der Waals surface area contributed by atoms with Gasteiger partial charge in [-0.3, -0.25) is 9.59 Å². The third-order valence-corrected chi connectivity index (χ3v) is 3.75. The van der Waals surface area contributed by atoms with Gasteiger partial charge in [-0.05, 0) is 18.9 Å². The van der Waals surface area contributed by atoms with Gasteiger partial charge in [0.1, 0.15) is 0 Å². The summed E-state index contributed by atoms with van der Waals surface area (Å²) >= 11 is 0.